The number of aryl methyl sites for hydroxylation is 1. The molecule has 0 radical (unpaired) electrons. The van der Waals surface area contributed by atoms with Gasteiger partial charge < -0.3 is 19.3 Å². The highest BCUT2D eigenvalue weighted by molar-refractivity contribution is 6.32. The van der Waals surface area contributed by atoms with E-state index in [1.165, 1.54) is 0 Å². The number of rotatable bonds is 6. The molecule has 0 atom stereocenters. The first-order chi connectivity index (χ1) is 9.63. The molecule has 2 aromatic rings. The summed E-state index contributed by atoms with van der Waals surface area (Å²) in [5.41, 5.74) is 0.976. The molecular formula is C13H16ClN3O3. The van der Waals surface area contributed by atoms with Gasteiger partial charge >= 0.3 is 0 Å². The number of nitrogens with one attached hydrogen (secondary N) is 1. The Morgan fingerprint density at radius 1 is 1.25 bits per heavy atom. The summed E-state index contributed by atoms with van der Waals surface area (Å²) in [5.74, 6) is 2.31. The summed E-state index contributed by atoms with van der Waals surface area (Å²) in [7, 11) is 3.13. The van der Waals surface area contributed by atoms with Gasteiger partial charge in [0.1, 0.15) is 0 Å². The number of hydrogen-bond donors (Lipinski definition) is 1. The molecule has 0 bridgehead atoms. The molecule has 20 heavy (non-hydrogen) atoms. The number of benzene rings is 1. The van der Waals surface area contributed by atoms with E-state index >= 15 is 0 Å². The highest BCUT2D eigenvalue weighted by Crippen LogP contribution is 2.35. The molecular weight excluding hydrogens is 282 g/mol. The molecule has 0 unspecified atom stereocenters. The summed E-state index contributed by atoms with van der Waals surface area (Å²) in [6.45, 7) is 2.87. The van der Waals surface area contributed by atoms with E-state index in [1.807, 2.05) is 12.1 Å². The lowest BCUT2D eigenvalue weighted by atomic mass is 10.2. The van der Waals surface area contributed by atoms with Gasteiger partial charge in [0, 0.05) is 6.54 Å². The second kappa shape index (κ2) is 6.58. The van der Waals surface area contributed by atoms with Crippen LogP contribution in [0.4, 0.5) is 0 Å². The predicted octanol–water partition coefficient (Wildman–Crippen LogP) is 2.34. The molecule has 2 rings (SSSR count). The van der Waals surface area contributed by atoms with Crippen LogP contribution in [-0.4, -0.2) is 24.4 Å². The molecule has 1 aromatic carbocycles. The second-order valence-electron chi connectivity index (χ2n) is 4.15. The molecule has 0 aliphatic carbocycles. The van der Waals surface area contributed by atoms with Crippen LogP contribution in [-0.2, 0) is 13.1 Å². The minimum atomic E-state index is 0.493. The SMILES string of the molecule is COc1cc(CNCc2nc(C)no2)cc(Cl)c1OC. The second-order valence-corrected chi connectivity index (χ2v) is 4.56. The first-order valence-electron chi connectivity index (χ1n) is 6.04. The Bertz CT molecular complexity index is 586. The minimum absolute atomic E-state index is 0.493. The van der Waals surface area contributed by atoms with Gasteiger partial charge in [-0.1, -0.05) is 16.8 Å². The third-order valence-corrected chi connectivity index (χ3v) is 2.95. The molecule has 7 heteroatoms. The third kappa shape index (κ3) is 3.40. The fraction of sp³-hybridized carbons (Fsp3) is 0.385. The normalized spacial score (nSPS) is 10.6. The first kappa shape index (κ1) is 14.6. The van der Waals surface area contributed by atoms with Crippen molar-refractivity contribution < 1.29 is 14.0 Å². The summed E-state index contributed by atoms with van der Waals surface area (Å²) in [6.07, 6.45) is 0. The van der Waals surface area contributed by atoms with E-state index in [2.05, 4.69) is 15.5 Å². The van der Waals surface area contributed by atoms with Crippen molar-refractivity contribution in [2.75, 3.05) is 14.2 Å². The molecule has 0 saturated heterocycles. The fourth-order valence-electron chi connectivity index (χ4n) is 1.80. The van der Waals surface area contributed by atoms with E-state index in [0.717, 1.165) is 5.56 Å². The molecule has 0 fully saturated rings. The van der Waals surface area contributed by atoms with Gasteiger partial charge in [-0.2, -0.15) is 4.98 Å². The van der Waals surface area contributed by atoms with Crippen molar-refractivity contribution in [3.8, 4) is 11.5 Å². The predicted molar refractivity (Wildman–Crippen MR) is 74.1 cm³/mol. The average Bonchev–Trinajstić information content (AvgIpc) is 2.83. The summed E-state index contributed by atoms with van der Waals surface area (Å²) in [4.78, 5) is 4.11. The molecule has 0 aliphatic rings. The zero-order chi connectivity index (χ0) is 14.5. The summed E-state index contributed by atoms with van der Waals surface area (Å²) >= 11 is 6.14. The number of aromatic nitrogens is 2. The molecule has 108 valence electrons. The Hall–Kier alpha value is -1.79. The summed E-state index contributed by atoms with van der Waals surface area (Å²) in [6, 6.07) is 3.70. The molecule has 0 saturated carbocycles. The number of methoxy groups -OCH3 is 2. The monoisotopic (exact) mass is 297 g/mol. The molecule has 1 N–H and O–H groups in total. The number of nitrogens with zero attached hydrogens (tertiary/aromatic N) is 2. The van der Waals surface area contributed by atoms with E-state index in [9.17, 15) is 0 Å². The van der Waals surface area contributed by atoms with Crippen LogP contribution >= 0.6 is 11.6 Å². The standard InChI is InChI=1S/C13H16ClN3O3/c1-8-16-12(20-17-8)7-15-6-9-4-10(14)13(19-3)11(5-9)18-2/h4-5,15H,6-7H2,1-3H3. The fourth-order valence-corrected chi connectivity index (χ4v) is 2.11. The van der Waals surface area contributed by atoms with E-state index in [4.69, 9.17) is 25.6 Å². The van der Waals surface area contributed by atoms with Crippen LogP contribution in [0.1, 0.15) is 17.3 Å². The van der Waals surface area contributed by atoms with E-state index < -0.39 is 0 Å². The van der Waals surface area contributed by atoms with Crippen LogP contribution in [0.25, 0.3) is 0 Å². The Balaban J connectivity index is 2.01. The lowest BCUT2D eigenvalue weighted by Gasteiger charge is -2.11. The van der Waals surface area contributed by atoms with Gasteiger partial charge in [0.05, 0.1) is 25.8 Å². The van der Waals surface area contributed by atoms with Crippen LogP contribution in [0.15, 0.2) is 16.7 Å². The first-order valence-corrected chi connectivity index (χ1v) is 6.42. The molecule has 0 spiro atoms. The van der Waals surface area contributed by atoms with Crippen molar-refractivity contribution in [2.45, 2.75) is 20.0 Å². The van der Waals surface area contributed by atoms with Crippen LogP contribution in [0, 0.1) is 6.92 Å². The summed E-state index contributed by atoms with van der Waals surface area (Å²) in [5, 5.41) is 7.43. The average molecular weight is 298 g/mol. The van der Waals surface area contributed by atoms with Crippen molar-refractivity contribution in [3.63, 3.8) is 0 Å². The quantitative estimate of drug-likeness (QED) is 0.882. The van der Waals surface area contributed by atoms with Crippen molar-refractivity contribution in [1.82, 2.24) is 15.5 Å². The maximum absolute atomic E-state index is 6.14. The number of ether oxygens (including phenoxy) is 2. The van der Waals surface area contributed by atoms with Gasteiger partial charge in [-0.3, -0.25) is 0 Å². The largest absolute Gasteiger partial charge is 0.493 e. The van der Waals surface area contributed by atoms with E-state index in [0.29, 0.717) is 41.3 Å². The molecule has 0 amide bonds. The smallest absolute Gasteiger partial charge is 0.240 e. The van der Waals surface area contributed by atoms with Crippen LogP contribution in [0.3, 0.4) is 0 Å². The Labute approximate surface area is 122 Å². The number of halogens is 1. The lowest BCUT2D eigenvalue weighted by Crippen LogP contribution is -2.13. The Morgan fingerprint density at radius 3 is 2.65 bits per heavy atom. The summed E-state index contributed by atoms with van der Waals surface area (Å²) < 4.78 is 15.4. The highest BCUT2D eigenvalue weighted by atomic mass is 35.5. The Kier molecular flexibility index (Phi) is 4.81. The van der Waals surface area contributed by atoms with Gasteiger partial charge in [-0.15, -0.1) is 0 Å². The van der Waals surface area contributed by atoms with Gasteiger partial charge in [-0.05, 0) is 24.6 Å². The zero-order valence-electron chi connectivity index (χ0n) is 11.6. The van der Waals surface area contributed by atoms with Gasteiger partial charge in [-0.25, -0.2) is 0 Å². The molecule has 1 heterocycles. The molecule has 6 nitrogen and oxygen atoms in total. The third-order valence-electron chi connectivity index (χ3n) is 2.67. The van der Waals surface area contributed by atoms with Gasteiger partial charge in [0.25, 0.3) is 0 Å². The van der Waals surface area contributed by atoms with Crippen molar-refractivity contribution in [1.29, 1.82) is 0 Å². The zero-order valence-corrected chi connectivity index (χ0v) is 12.3. The van der Waals surface area contributed by atoms with Crippen molar-refractivity contribution >= 4 is 11.6 Å². The minimum Gasteiger partial charge on any atom is -0.493 e. The van der Waals surface area contributed by atoms with Gasteiger partial charge in [0.15, 0.2) is 17.3 Å². The van der Waals surface area contributed by atoms with Crippen LogP contribution < -0.4 is 14.8 Å². The lowest BCUT2D eigenvalue weighted by molar-refractivity contribution is 0.354. The van der Waals surface area contributed by atoms with Crippen LogP contribution in [0.5, 0.6) is 11.5 Å². The maximum Gasteiger partial charge on any atom is 0.240 e. The van der Waals surface area contributed by atoms with E-state index in [1.54, 1.807) is 21.1 Å². The van der Waals surface area contributed by atoms with Crippen molar-refractivity contribution in [2.24, 2.45) is 0 Å². The molecule has 0 aliphatic heterocycles. The highest BCUT2D eigenvalue weighted by Gasteiger charge is 2.11. The number of hydrogen-bond acceptors (Lipinski definition) is 6. The maximum atomic E-state index is 6.14. The molecule has 1 aromatic heterocycles. The van der Waals surface area contributed by atoms with Crippen molar-refractivity contribution in [3.05, 3.63) is 34.4 Å². The topological polar surface area (TPSA) is 69.4 Å². The Morgan fingerprint density at radius 2 is 2.05 bits per heavy atom. The van der Waals surface area contributed by atoms with E-state index in [-0.39, 0.29) is 0 Å². The van der Waals surface area contributed by atoms with Crippen LogP contribution in [0.2, 0.25) is 5.02 Å². The van der Waals surface area contributed by atoms with Gasteiger partial charge in [0.2, 0.25) is 5.89 Å².